The lowest BCUT2D eigenvalue weighted by atomic mass is 10.2. The molecule has 0 unspecified atom stereocenters. The first-order chi connectivity index (χ1) is 10.1. The van der Waals surface area contributed by atoms with E-state index in [1.54, 1.807) is 17.0 Å². The van der Waals surface area contributed by atoms with Gasteiger partial charge in [-0.25, -0.2) is 4.98 Å². The molecule has 0 radical (unpaired) electrons. The van der Waals surface area contributed by atoms with Crippen molar-refractivity contribution in [3.63, 3.8) is 0 Å². The van der Waals surface area contributed by atoms with Crippen molar-refractivity contribution >= 4 is 28.7 Å². The van der Waals surface area contributed by atoms with Crippen LogP contribution >= 0.6 is 12.2 Å². The van der Waals surface area contributed by atoms with E-state index in [0.717, 1.165) is 5.69 Å². The molecular formula is C15H18N4OS. The van der Waals surface area contributed by atoms with Gasteiger partial charge in [-0.2, -0.15) is 0 Å². The fourth-order valence-corrected chi connectivity index (χ4v) is 2.15. The highest BCUT2D eigenvalue weighted by molar-refractivity contribution is 7.80. The number of hydrogen-bond donors (Lipinski definition) is 1. The standard InChI is InChI=1S/C15H18N4OS/c1-2-18-11-9-17-14(15(18)20)19(10-8-13(16)21)12-6-4-3-5-7-12/h3-7,9,11H,2,8,10H2,1H3,(H2,16,21). The van der Waals surface area contributed by atoms with Crippen LogP contribution in [0.1, 0.15) is 13.3 Å². The molecule has 1 aromatic heterocycles. The SMILES string of the molecule is CCn1ccnc(N(CCC(N)=S)c2ccccc2)c1=O. The molecule has 2 rings (SSSR count). The number of hydrogen-bond acceptors (Lipinski definition) is 4. The zero-order valence-electron chi connectivity index (χ0n) is 11.9. The van der Waals surface area contributed by atoms with Crippen LogP contribution in [0.3, 0.4) is 0 Å². The molecule has 6 heteroatoms. The molecule has 1 heterocycles. The second kappa shape index (κ2) is 6.99. The van der Waals surface area contributed by atoms with Crippen LogP contribution in [-0.2, 0) is 6.54 Å². The molecule has 0 saturated carbocycles. The predicted octanol–water partition coefficient (Wildman–Crippen LogP) is 2.08. The minimum atomic E-state index is -0.119. The summed E-state index contributed by atoms with van der Waals surface area (Å²) in [5.74, 6) is 0.391. The fourth-order valence-electron chi connectivity index (χ4n) is 2.06. The summed E-state index contributed by atoms with van der Waals surface area (Å²) in [6.07, 6.45) is 3.84. The highest BCUT2D eigenvalue weighted by Gasteiger charge is 2.15. The van der Waals surface area contributed by atoms with E-state index >= 15 is 0 Å². The van der Waals surface area contributed by atoms with E-state index in [1.165, 1.54) is 0 Å². The van der Waals surface area contributed by atoms with Crippen LogP contribution < -0.4 is 16.2 Å². The second-order valence-electron chi connectivity index (χ2n) is 4.55. The molecule has 0 bridgehead atoms. The third-order valence-corrected chi connectivity index (χ3v) is 3.35. The lowest BCUT2D eigenvalue weighted by Gasteiger charge is -2.23. The Hall–Kier alpha value is -2.21. The Balaban J connectivity index is 2.45. The molecule has 0 aliphatic carbocycles. The van der Waals surface area contributed by atoms with Crippen LogP contribution in [0.2, 0.25) is 0 Å². The first-order valence-corrected chi connectivity index (χ1v) is 7.20. The lowest BCUT2D eigenvalue weighted by Crippen LogP contribution is -2.32. The van der Waals surface area contributed by atoms with Gasteiger partial charge in [0.2, 0.25) is 0 Å². The molecule has 0 aliphatic rings. The fraction of sp³-hybridized carbons (Fsp3) is 0.267. The van der Waals surface area contributed by atoms with E-state index < -0.39 is 0 Å². The molecule has 0 fully saturated rings. The zero-order valence-corrected chi connectivity index (χ0v) is 12.7. The van der Waals surface area contributed by atoms with Gasteiger partial charge in [0, 0.05) is 37.6 Å². The molecule has 2 aromatic rings. The van der Waals surface area contributed by atoms with Crippen molar-refractivity contribution in [2.75, 3.05) is 11.4 Å². The number of nitrogens with zero attached hydrogens (tertiary/aromatic N) is 3. The van der Waals surface area contributed by atoms with Crippen molar-refractivity contribution in [3.05, 3.63) is 53.1 Å². The maximum atomic E-state index is 12.5. The van der Waals surface area contributed by atoms with Gasteiger partial charge in [-0.15, -0.1) is 0 Å². The van der Waals surface area contributed by atoms with Gasteiger partial charge >= 0.3 is 0 Å². The summed E-state index contributed by atoms with van der Waals surface area (Å²) in [7, 11) is 0. The van der Waals surface area contributed by atoms with Crippen LogP contribution in [0, 0.1) is 0 Å². The maximum Gasteiger partial charge on any atom is 0.293 e. The number of aromatic nitrogens is 2. The Bertz CT molecular complexity index is 669. The molecular weight excluding hydrogens is 284 g/mol. The molecule has 2 N–H and O–H groups in total. The summed E-state index contributed by atoms with van der Waals surface area (Å²) >= 11 is 4.94. The van der Waals surface area contributed by atoms with E-state index in [-0.39, 0.29) is 5.56 Å². The number of rotatable bonds is 6. The topological polar surface area (TPSA) is 64.2 Å². The van der Waals surface area contributed by atoms with Crippen LogP contribution in [0.5, 0.6) is 0 Å². The number of nitrogens with two attached hydrogens (primary N) is 1. The van der Waals surface area contributed by atoms with Gasteiger partial charge in [0.15, 0.2) is 5.82 Å². The largest absolute Gasteiger partial charge is 0.393 e. The summed E-state index contributed by atoms with van der Waals surface area (Å²) in [5, 5.41) is 0. The first kappa shape index (κ1) is 15.2. The summed E-state index contributed by atoms with van der Waals surface area (Å²) in [6.45, 7) is 3.05. The average Bonchev–Trinajstić information content (AvgIpc) is 2.50. The minimum absolute atomic E-state index is 0.119. The highest BCUT2D eigenvalue weighted by Crippen LogP contribution is 2.20. The van der Waals surface area contributed by atoms with Gasteiger partial charge in [0.1, 0.15) is 0 Å². The molecule has 0 amide bonds. The Morgan fingerprint density at radius 1 is 1.38 bits per heavy atom. The highest BCUT2D eigenvalue weighted by atomic mass is 32.1. The third kappa shape index (κ3) is 3.66. The number of benzene rings is 1. The zero-order chi connectivity index (χ0) is 15.2. The van der Waals surface area contributed by atoms with Crippen LogP contribution in [-0.4, -0.2) is 21.1 Å². The third-order valence-electron chi connectivity index (χ3n) is 3.14. The summed E-state index contributed by atoms with van der Waals surface area (Å²) < 4.78 is 1.62. The summed E-state index contributed by atoms with van der Waals surface area (Å²) in [6, 6.07) is 9.64. The van der Waals surface area contributed by atoms with Gasteiger partial charge in [0.05, 0.1) is 4.99 Å². The quantitative estimate of drug-likeness (QED) is 0.828. The molecule has 110 valence electrons. The molecule has 0 aliphatic heterocycles. The Morgan fingerprint density at radius 2 is 2.10 bits per heavy atom. The number of anilines is 2. The van der Waals surface area contributed by atoms with E-state index in [9.17, 15) is 4.79 Å². The summed E-state index contributed by atoms with van der Waals surface area (Å²) in [4.78, 5) is 19.0. The number of aryl methyl sites for hydroxylation is 1. The maximum absolute atomic E-state index is 12.5. The van der Waals surface area contributed by atoms with Crippen molar-refractivity contribution in [3.8, 4) is 0 Å². The normalized spacial score (nSPS) is 10.3. The Kier molecular flexibility index (Phi) is 5.05. The molecule has 5 nitrogen and oxygen atoms in total. The monoisotopic (exact) mass is 302 g/mol. The van der Waals surface area contributed by atoms with Gasteiger partial charge in [-0.05, 0) is 19.1 Å². The van der Waals surface area contributed by atoms with Gasteiger partial charge < -0.3 is 15.2 Å². The van der Waals surface area contributed by atoms with Crippen molar-refractivity contribution < 1.29 is 0 Å². The van der Waals surface area contributed by atoms with Crippen LogP contribution in [0.15, 0.2) is 47.5 Å². The molecule has 1 aromatic carbocycles. The Labute approximate surface area is 129 Å². The number of para-hydroxylation sites is 1. The molecule has 0 saturated heterocycles. The van der Waals surface area contributed by atoms with Gasteiger partial charge in [-0.1, -0.05) is 30.4 Å². The van der Waals surface area contributed by atoms with E-state index in [4.69, 9.17) is 18.0 Å². The van der Waals surface area contributed by atoms with E-state index in [1.807, 2.05) is 42.2 Å². The smallest absolute Gasteiger partial charge is 0.293 e. The van der Waals surface area contributed by atoms with E-state index in [2.05, 4.69) is 4.98 Å². The second-order valence-corrected chi connectivity index (χ2v) is 5.07. The Morgan fingerprint density at radius 3 is 2.71 bits per heavy atom. The van der Waals surface area contributed by atoms with Crippen molar-refractivity contribution in [1.29, 1.82) is 0 Å². The predicted molar refractivity (Wildman–Crippen MR) is 89.0 cm³/mol. The van der Waals surface area contributed by atoms with Crippen molar-refractivity contribution in [2.45, 2.75) is 19.9 Å². The van der Waals surface area contributed by atoms with Gasteiger partial charge in [0.25, 0.3) is 5.56 Å². The molecule has 0 atom stereocenters. The lowest BCUT2D eigenvalue weighted by molar-refractivity contribution is 0.712. The van der Waals surface area contributed by atoms with Crippen LogP contribution in [0.25, 0.3) is 0 Å². The first-order valence-electron chi connectivity index (χ1n) is 6.79. The molecule has 0 spiro atoms. The minimum Gasteiger partial charge on any atom is -0.393 e. The average molecular weight is 302 g/mol. The summed E-state index contributed by atoms with van der Waals surface area (Å²) in [5.41, 5.74) is 6.37. The molecule has 21 heavy (non-hydrogen) atoms. The van der Waals surface area contributed by atoms with Crippen molar-refractivity contribution in [2.24, 2.45) is 5.73 Å². The van der Waals surface area contributed by atoms with Gasteiger partial charge in [-0.3, -0.25) is 4.79 Å². The van der Waals surface area contributed by atoms with Crippen molar-refractivity contribution in [1.82, 2.24) is 9.55 Å². The van der Waals surface area contributed by atoms with Crippen LogP contribution in [0.4, 0.5) is 11.5 Å². The number of thiocarbonyl (C=S) groups is 1. The van der Waals surface area contributed by atoms with E-state index in [0.29, 0.717) is 30.3 Å².